The van der Waals surface area contributed by atoms with Crippen molar-refractivity contribution < 1.29 is 58.8 Å². The second-order valence-electron chi connectivity index (χ2n) is 0.283. The SMILES string of the molecule is O.O.O.O.O.O.O.O.O=C(O)O.[NaH]. The third kappa shape index (κ3) is 473000. The van der Waals surface area contributed by atoms with Crippen molar-refractivity contribution in [2.75, 3.05) is 0 Å². The van der Waals surface area contributed by atoms with E-state index in [1.165, 1.54) is 0 Å². The molecule has 90 valence electrons. The summed E-state index contributed by atoms with van der Waals surface area (Å²) in [6.07, 6.45) is -1.83. The molecular formula is CH19NaO11. The number of carboxylic acid groups (broad SMARTS) is 2. The van der Waals surface area contributed by atoms with Crippen molar-refractivity contribution in [2.24, 2.45) is 0 Å². The Morgan fingerprint density at radius 3 is 0.615 bits per heavy atom. The minimum absolute atomic E-state index is 0. The van der Waals surface area contributed by atoms with Gasteiger partial charge in [0.25, 0.3) is 0 Å². The van der Waals surface area contributed by atoms with E-state index in [9.17, 15) is 0 Å². The second-order valence-corrected chi connectivity index (χ2v) is 0.283. The van der Waals surface area contributed by atoms with Crippen LogP contribution in [0.1, 0.15) is 0 Å². The molecule has 0 saturated heterocycles. The van der Waals surface area contributed by atoms with E-state index in [1.54, 1.807) is 0 Å². The summed E-state index contributed by atoms with van der Waals surface area (Å²) in [6.45, 7) is 0. The fourth-order valence-electron chi connectivity index (χ4n) is 0. The number of hydrogen-bond acceptors (Lipinski definition) is 1. The summed E-state index contributed by atoms with van der Waals surface area (Å²) in [6, 6.07) is 0. The van der Waals surface area contributed by atoms with Crippen LogP contribution in [0, 0.1) is 0 Å². The number of hydrogen-bond donors (Lipinski definition) is 2. The van der Waals surface area contributed by atoms with Gasteiger partial charge in [0.1, 0.15) is 0 Å². The van der Waals surface area contributed by atoms with Gasteiger partial charge in [-0.3, -0.25) is 0 Å². The van der Waals surface area contributed by atoms with E-state index in [1.807, 2.05) is 0 Å². The quantitative estimate of drug-likeness (QED) is 0.383. The maximum absolute atomic E-state index is 8.56. The summed E-state index contributed by atoms with van der Waals surface area (Å²) in [4.78, 5) is 8.56. The Morgan fingerprint density at radius 2 is 0.615 bits per heavy atom. The van der Waals surface area contributed by atoms with E-state index in [4.69, 9.17) is 15.0 Å². The van der Waals surface area contributed by atoms with Gasteiger partial charge in [0.2, 0.25) is 0 Å². The standard InChI is InChI=1S/CH2O3.Na.8H2O.H/c2-1(3)4;;;;;;;;;;/h(H2,2,3,4);;8*1H2;. The molecule has 0 saturated carbocycles. The summed E-state index contributed by atoms with van der Waals surface area (Å²) >= 11 is 0. The summed E-state index contributed by atoms with van der Waals surface area (Å²) < 4.78 is 0. The molecule has 0 aromatic heterocycles. The van der Waals surface area contributed by atoms with Crippen molar-refractivity contribution in [1.29, 1.82) is 0 Å². The first-order chi connectivity index (χ1) is 1.73. The van der Waals surface area contributed by atoms with Gasteiger partial charge in [0.05, 0.1) is 0 Å². The Balaban J connectivity index is -0.00000000125. The van der Waals surface area contributed by atoms with E-state index in [-0.39, 0.29) is 73.4 Å². The zero-order valence-corrected chi connectivity index (χ0v) is 5.80. The molecule has 0 aromatic carbocycles. The Morgan fingerprint density at radius 1 is 0.615 bits per heavy atom. The molecule has 18 N–H and O–H groups in total. The average Bonchev–Trinajstić information content (AvgIpc) is 0.811. The molecule has 0 amide bonds. The molecule has 0 bridgehead atoms. The zero-order valence-electron chi connectivity index (χ0n) is 5.80. The molecule has 0 radical (unpaired) electrons. The van der Waals surface area contributed by atoms with Crippen molar-refractivity contribution in [1.82, 2.24) is 0 Å². The van der Waals surface area contributed by atoms with Gasteiger partial charge in [-0.15, -0.1) is 0 Å². The van der Waals surface area contributed by atoms with E-state index in [0.29, 0.717) is 0 Å². The van der Waals surface area contributed by atoms with E-state index < -0.39 is 6.16 Å². The fourth-order valence-corrected chi connectivity index (χ4v) is 0. The molecule has 0 unspecified atom stereocenters. The van der Waals surface area contributed by atoms with Gasteiger partial charge in [0, 0.05) is 0 Å². The third-order valence-corrected chi connectivity index (χ3v) is 0. The van der Waals surface area contributed by atoms with E-state index in [2.05, 4.69) is 0 Å². The van der Waals surface area contributed by atoms with Gasteiger partial charge in [-0.1, -0.05) is 0 Å². The first-order valence-electron chi connectivity index (χ1n) is 0.651. The van der Waals surface area contributed by atoms with Crippen LogP contribution >= 0.6 is 0 Å². The molecular weight excluding hydrogens is 211 g/mol. The average molecular weight is 230 g/mol. The van der Waals surface area contributed by atoms with Crippen LogP contribution in [0.15, 0.2) is 0 Å². The van der Waals surface area contributed by atoms with Crippen LogP contribution in [0.4, 0.5) is 4.79 Å². The summed E-state index contributed by atoms with van der Waals surface area (Å²) in [5.74, 6) is 0. The molecule has 0 atom stereocenters. The van der Waals surface area contributed by atoms with Crippen molar-refractivity contribution in [2.45, 2.75) is 0 Å². The summed E-state index contributed by atoms with van der Waals surface area (Å²) in [7, 11) is 0. The monoisotopic (exact) mass is 230 g/mol. The molecule has 13 heavy (non-hydrogen) atoms. The minimum atomic E-state index is -1.83. The van der Waals surface area contributed by atoms with Crippen LogP contribution in [0.2, 0.25) is 0 Å². The topological polar surface area (TPSA) is 310 Å². The first kappa shape index (κ1) is 213. The van der Waals surface area contributed by atoms with Crippen molar-refractivity contribution >= 4 is 35.7 Å². The Labute approximate surface area is 94.7 Å². The fraction of sp³-hybridized carbons (Fsp3) is 0. The number of carbonyl (C=O) groups is 1. The molecule has 0 fully saturated rings. The van der Waals surface area contributed by atoms with Gasteiger partial charge < -0.3 is 54.0 Å². The first-order valence-corrected chi connectivity index (χ1v) is 0.651. The van der Waals surface area contributed by atoms with Gasteiger partial charge in [-0.2, -0.15) is 0 Å². The molecule has 0 spiro atoms. The molecule has 11 nitrogen and oxygen atoms in total. The van der Waals surface area contributed by atoms with Gasteiger partial charge >= 0.3 is 35.7 Å². The summed E-state index contributed by atoms with van der Waals surface area (Å²) in [5.41, 5.74) is 0. The van der Waals surface area contributed by atoms with Crippen LogP contribution in [0.5, 0.6) is 0 Å². The molecule has 0 aliphatic heterocycles. The van der Waals surface area contributed by atoms with Crippen LogP contribution in [-0.2, 0) is 0 Å². The van der Waals surface area contributed by atoms with Crippen LogP contribution in [0.3, 0.4) is 0 Å². The molecule has 0 aliphatic rings. The summed E-state index contributed by atoms with van der Waals surface area (Å²) in [5, 5.41) is 13.9. The van der Waals surface area contributed by atoms with Crippen LogP contribution in [-0.4, -0.2) is 89.7 Å². The van der Waals surface area contributed by atoms with Crippen molar-refractivity contribution in [3.8, 4) is 0 Å². The van der Waals surface area contributed by atoms with E-state index in [0.717, 1.165) is 0 Å². The Bertz CT molecular complexity index is 33.1. The Kier molecular flexibility index (Phi) is 2690. The molecule has 0 rings (SSSR count). The van der Waals surface area contributed by atoms with Crippen LogP contribution in [0.25, 0.3) is 0 Å². The predicted molar refractivity (Wildman–Crippen MR) is 46.7 cm³/mol. The maximum atomic E-state index is 8.56. The molecule has 12 heteroatoms. The zero-order chi connectivity index (χ0) is 3.58. The second kappa shape index (κ2) is 165. The number of rotatable bonds is 0. The molecule has 0 heterocycles. The molecule has 0 aromatic rings. The molecule has 0 aliphatic carbocycles. The van der Waals surface area contributed by atoms with E-state index >= 15 is 0 Å². The normalized spacial score (nSPS) is 1.85. The van der Waals surface area contributed by atoms with Crippen LogP contribution < -0.4 is 0 Å². The van der Waals surface area contributed by atoms with Gasteiger partial charge in [0.15, 0.2) is 0 Å². The van der Waals surface area contributed by atoms with Gasteiger partial charge in [-0.25, -0.2) is 4.79 Å². The van der Waals surface area contributed by atoms with Crippen molar-refractivity contribution in [3.05, 3.63) is 0 Å². The third-order valence-electron chi connectivity index (χ3n) is 0. The predicted octanol–water partition coefficient (Wildman–Crippen LogP) is -7.02. The van der Waals surface area contributed by atoms with Gasteiger partial charge in [-0.05, 0) is 0 Å². The Hall–Kier alpha value is -0.0500. The van der Waals surface area contributed by atoms with Crippen molar-refractivity contribution in [3.63, 3.8) is 0 Å².